The van der Waals surface area contributed by atoms with Gasteiger partial charge in [-0.2, -0.15) is 0 Å². The zero-order valence-electron chi connectivity index (χ0n) is 13.8. The van der Waals surface area contributed by atoms with Crippen molar-refractivity contribution in [1.29, 1.82) is 0 Å². The van der Waals surface area contributed by atoms with Crippen LogP contribution >= 0.6 is 0 Å². The Kier molecular flexibility index (Phi) is 4.42. The van der Waals surface area contributed by atoms with Gasteiger partial charge in [0.1, 0.15) is 0 Å². The molecule has 2 bridgehead atoms. The lowest BCUT2D eigenvalue weighted by Crippen LogP contribution is -2.57. The van der Waals surface area contributed by atoms with E-state index >= 15 is 0 Å². The number of nitrogens with zero attached hydrogens (tertiary/aromatic N) is 1. The summed E-state index contributed by atoms with van der Waals surface area (Å²) < 4.78 is 0. The van der Waals surface area contributed by atoms with Crippen molar-refractivity contribution in [2.45, 2.75) is 103 Å². The number of rotatable bonds is 4. The number of hydrogen-bond donors (Lipinski definition) is 1. The third kappa shape index (κ3) is 2.78. The van der Waals surface area contributed by atoms with Gasteiger partial charge in [-0.1, -0.05) is 33.6 Å². The van der Waals surface area contributed by atoms with Gasteiger partial charge in [-0.15, -0.1) is 0 Å². The monoisotopic (exact) mass is 278 g/mol. The molecule has 116 valence electrons. The summed E-state index contributed by atoms with van der Waals surface area (Å²) in [6, 6.07) is 3.42. The van der Waals surface area contributed by atoms with Gasteiger partial charge in [-0.3, -0.25) is 4.90 Å². The van der Waals surface area contributed by atoms with Crippen LogP contribution in [0.3, 0.4) is 0 Å². The lowest BCUT2D eigenvalue weighted by molar-refractivity contribution is -0.0128. The maximum atomic E-state index is 3.79. The summed E-state index contributed by atoms with van der Waals surface area (Å²) in [6.45, 7) is 8.54. The molecule has 3 rings (SSSR count). The van der Waals surface area contributed by atoms with E-state index in [1.165, 1.54) is 64.3 Å². The van der Waals surface area contributed by atoms with Gasteiger partial charge in [0, 0.05) is 24.2 Å². The average molecular weight is 278 g/mol. The van der Waals surface area contributed by atoms with Gasteiger partial charge in [0.15, 0.2) is 0 Å². The van der Waals surface area contributed by atoms with Gasteiger partial charge in [0.2, 0.25) is 0 Å². The van der Waals surface area contributed by atoms with Crippen molar-refractivity contribution in [2.75, 3.05) is 6.54 Å². The topological polar surface area (TPSA) is 15.3 Å². The van der Waals surface area contributed by atoms with Crippen LogP contribution < -0.4 is 5.32 Å². The van der Waals surface area contributed by atoms with E-state index in [2.05, 4.69) is 31.0 Å². The fourth-order valence-corrected chi connectivity index (χ4v) is 5.27. The predicted molar refractivity (Wildman–Crippen MR) is 86.0 cm³/mol. The second-order valence-electron chi connectivity index (χ2n) is 8.20. The van der Waals surface area contributed by atoms with E-state index in [0.717, 1.165) is 24.2 Å². The van der Waals surface area contributed by atoms with E-state index in [1.807, 2.05) is 0 Å². The predicted octanol–water partition coefficient (Wildman–Crippen LogP) is 3.95. The molecular formula is C18H34N2. The highest BCUT2D eigenvalue weighted by molar-refractivity contribution is 5.03. The van der Waals surface area contributed by atoms with Crippen LogP contribution in [0.2, 0.25) is 0 Å². The molecule has 0 aromatic heterocycles. The smallest absolute Gasteiger partial charge is 0.0152 e. The first-order chi connectivity index (χ1) is 9.62. The Bertz CT molecular complexity index is 311. The lowest BCUT2D eigenvalue weighted by Gasteiger charge is -2.51. The molecule has 2 aliphatic heterocycles. The number of piperidine rings is 1. The molecule has 0 aromatic carbocycles. The number of hydrogen-bond acceptors (Lipinski definition) is 2. The van der Waals surface area contributed by atoms with Crippen molar-refractivity contribution in [3.05, 3.63) is 0 Å². The van der Waals surface area contributed by atoms with E-state index < -0.39 is 0 Å². The molecule has 0 amide bonds. The van der Waals surface area contributed by atoms with Crippen LogP contribution in [0.4, 0.5) is 0 Å². The fraction of sp³-hybridized carbons (Fsp3) is 1.00. The Morgan fingerprint density at radius 2 is 1.75 bits per heavy atom. The average Bonchev–Trinajstić information content (AvgIpc) is 2.67. The minimum atomic E-state index is 0.544. The molecule has 2 nitrogen and oxygen atoms in total. The third-order valence-electron chi connectivity index (χ3n) is 6.28. The second kappa shape index (κ2) is 5.96. The Balaban J connectivity index is 1.67. The summed E-state index contributed by atoms with van der Waals surface area (Å²) in [6.07, 6.45) is 12.8. The van der Waals surface area contributed by atoms with Gasteiger partial charge in [-0.05, 0) is 56.9 Å². The van der Waals surface area contributed by atoms with Crippen molar-refractivity contribution in [3.63, 3.8) is 0 Å². The Morgan fingerprint density at radius 3 is 2.35 bits per heavy atom. The maximum Gasteiger partial charge on any atom is 0.0152 e. The normalized spacial score (nSPS) is 41.0. The van der Waals surface area contributed by atoms with Crippen LogP contribution in [-0.4, -0.2) is 35.6 Å². The number of nitrogens with one attached hydrogen (secondary N) is 1. The maximum absolute atomic E-state index is 3.79. The largest absolute Gasteiger partial charge is 0.314 e. The lowest BCUT2D eigenvalue weighted by atomic mass is 9.71. The summed E-state index contributed by atoms with van der Waals surface area (Å²) >= 11 is 0. The SMILES string of the molecule is CCCNC1CC2CCC(C1)N2C1CCCCC1(C)C. The van der Waals surface area contributed by atoms with E-state index in [0.29, 0.717) is 5.41 Å². The molecule has 3 fully saturated rings. The van der Waals surface area contributed by atoms with Gasteiger partial charge < -0.3 is 5.32 Å². The van der Waals surface area contributed by atoms with Gasteiger partial charge >= 0.3 is 0 Å². The van der Waals surface area contributed by atoms with Crippen LogP contribution in [0.5, 0.6) is 0 Å². The van der Waals surface area contributed by atoms with Crippen molar-refractivity contribution in [3.8, 4) is 0 Å². The molecule has 3 unspecified atom stereocenters. The minimum absolute atomic E-state index is 0.544. The van der Waals surface area contributed by atoms with E-state index in [1.54, 1.807) is 0 Å². The highest BCUT2D eigenvalue weighted by Gasteiger charge is 2.48. The molecular weight excluding hydrogens is 244 g/mol. The van der Waals surface area contributed by atoms with Gasteiger partial charge in [0.05, 0.1) is 0 Å². The molecule has 1 N–H and O–H groups in total. The molecule has 0 spiro atoms. The first-order valence-corrected chi connectivity index (χ1v) is 9.12. The summed E-state index contributed by atoms with van der Waals surface area (Å²) in [5.41, 5.74) is 0.544. The molecule has 1 saturated carbocycles. The summed E-state index contributed by atoms with van der Waals surface area (Å²) in [5.74, 6) is 0. The van der Waals surface area contributed by atoms with Gasteiger partial charge in [0.25, 0.3) is 0 Å². The zero-order chi connectivity index (χ0) is 14.2. The molecule has 20 heavy (non-hydrogen) atoms. The van der Waals surface area contributed by atoms with Crippen LogP contribution in [0, 0.1) is 5.41 Å². The Morgan fingerprint density at radius 1 is 1.05 bits per heavy atom. The van der Waals surface area contributed by atoms with Gasteiger partial charge in [-0.25, -0.2) is 0 Å². The van der Waals surface area contributed by atoms with Crippen molar-refractivity contribution in [1.82, 2.24) is 10.2 Å². The van der Waals surface area contributed by atoms with Crippen LogP contribution in [0.15, 0.2) is 0 Å². The van der Waals surface area contributed by atoms with Crippen LogP contribution in [-0.2, 0) is 0 Å². The van der Waals surface area contributed by atoms with Crippen molar-refractivity contribution >= 4 is 0 Å². The molecule has 1 aliphatic carbocycles. The van der Waals surface area contributed by atoms with Crippen molar-refractivity contribution < 1.29 is 0 Å². The van der Waals surface area contributed by atoms with Crippen LogP contribution in [0.25, 0.3) is 0 Å². The molecule has 2 saturated heterocycles. The summed E-state index contributed by atoms with van der Waals surface area (Å²) in [5, 5.41) is 3.79. The Labute approximate surface area is 125 Å². The van der Waals surface area contributed by atoms with Crippen LogP contribution in [0.1, 0.15) is 78.6 Å². The van der Waals surface area contributed by atoms with E-state index in [9.17, 15) is 0 Å². The van der Waals surface area contributed by atoms with Crippen molar-refractivity contribution in [2.24, 2.45) is 5.41 Å². The highest BCUT2D eigenvalue weighted by Crippen LogP contribution is 2.46. The first kappa shape index (κ1) is 14.8. The molecule has 2 heterocycles. The molecule has 2 heteroatoms. The quantitative estimate of drug-likeness (QED) is 0.837. The molecule has 3 atom stereocenters. The molecule has 0 aromatic rings. The fourth-order valence-electron chi connectivity index (χ4n) is 5.27. The standard InChI is InChI=1S/C18H34N2/c1-4-11-19-14-12-15-8-9-16(13-14)20(15)17-7-5-6-10-18(17,2)3/h14-17,19H,4-13H2,1-3H3. The molecule has 3 aliphatic rings. The first-order valence-electron chi connectivity index (χ1n) is 9.12. The minimum Gasteiger partial charge on any atom is -0.314 e. The second-order valence-corrected chi connectivity index (χ2v) is 8.20. The Hall–Kier alpha value is -0.0800. The third-order valence-corrected chi connectivity index (χ3v) is 6.28. The number of fused-ring (bicyclic) bond motifs is 2. The summed E-state index contributed by atoms with van der Waals surface area (Å²) in [4.78, 5) is 2.99. The van der Waals surface area contributed by atoms with E-state index in [4.69, 9.17) is 0 Å². The highest BCUT2D eigenvalue weighted by atomic mass is 15.3. The van der Waals surface area contributed by atoms with E-state index in [-0.39, 0.29) is 0 Å². The molecule has 0 radical (unpaired) electrons. The zero-order valence-corrected chi connectivity index (χ0v) is 13.8. The summed E-state index contributed by atoms with van der Waals surface area (Å²) in [7, 11) is 0.